The second-order valence-electron chi connectivity index (χ2n) is 4.11. The Hall–Kier alpha value is -1.81. The molecule has 0 aliphatic rings. The van der Waals surface area contributed by atoms with Gasteiger partial charge in [-0.05, 0) is 32.4 Å². The lowest BCUT2D eigenvalue weighted by molar-refractivity contribution is 0.0525. The highest BCUT2D eigenvalue weighted by Gasteiger charge is 2.24. The van der Waals surface area contributed by atoms with E-state index in [0.717, 1.165) is 5.56 Å². The van der Waals surface area contributed by atoms with Gasteiger partial charge >= 0.3 is 5.97 Å². The Kier molecular flexibility index (Phi) is 3.90. The van der Waals surface area contributed by atoms with Gasteiger partial charge in [-0.1, -0.05) is 28.9 Å². The van der Waals surface area contributed by atoms with Crippen molar-refractivity contribution >= 4 is 17.6 Å². The first kappa shape index (κ1) is 13.6. The summed E-state index contributed by atoms with van der Waals surface area (Å²) in [6, 6.07) is 5.50. The third kappa shape index (κ3) is 2.49. The zero-order chi connectivity index (χ0) is 14.0. The van der Waals surface area contributed by atoms with Crippen molar-refractivity contribution in [1.29, 1.82) is 0 Å². The summed E-state index contributed by atoms with van der Waals surface area (Å²) >= 11 is 6.19. The Bertz CT molecular complexity index is 599. The third-order valence-electron chi connectivity index (χ3n) is 2.80. The van der Waals surface area contributed by atoms with Crippen molar-refractivity contribution in [2.45, 2.75) is 20.8 Å². The van der Waals surface area contributed by atoms with Gasteiger partial charge in [0.2, 0.25) is 0 Å². The Morgan fingerprint density at radius 2 is 2.16 bits per heavy atom. The van der Waals surface area contributed by atoms with E-state index in [-0.39, 0.29) is 0 Å². The van der Waals surface area contributed by atoms with Gasteiger partial charge in [-0.25, -0.2) is 4.79 Å². The molecule has 0 N–H and O–H groups in total. The molecule has 1 aromatic carbocycles. The summed E-state index contributed by atoms with van der Waals surface area (Å²) < 4.78 is 10.1. The van der Waals surface area contributed by atoms with E-state index >= 15 is 0 Å². The normalized spacial score (nSPS) is 10.5. The Labute approximate surface area is 116 Å². The van der Waals surface area contributed by atoms with E-state index in [1.54, 1.807) is 19.9 Å². The van der Waals surface area contributed by atoms with Gasteiger partial charge in [-0.15, -0.1) is 0 Å². The third-order valence-corrected chi connectivity index (χ3v) is 3.12. The summed E-state index contributed by atoms with van der Waals surface area (Å²) in [4.78, 5) is 12.0. The molecule has 100 valence electrons. The van der Waals surface area contributed by atoms with Gasteiger partial charge < -0.3 is 9.26 Å². The van der Waals surface area contributed by atoms with Crippen LogP contribution in [-0.4, -0.2) is 17.7 Å². The van der Waals surface area contributed by atoms with Crippen LogP contribution in [0.3, 0.4) is 0 Å². The number of aryl methyl sites for hydroxylation is 2. The molecule has 0 atom stereocenters. The fourth-order valence-electron chi connectivity index (χ4n) is 1.92. The van der Waals surface area contributed by atoms with Crippen LogP contribution in [-0.2, 0) is 4.74 Å². The highest BCUT2D eigenvalue weighted by atomic mass is 35.5. The lowest BCUT2D eigenvalue weighted by atomic mass is 10.0. The average Bonchev–Trinajstić information content (AvgIpc) is 2.71. The number of esters is 1. The molecule has 2 rings (SSSR count). The molecule has 5 heteroatoms. The van der Waals surface area contributed by atoms with Gasteiger partial charge in [0.25, 0.3) is 0 Å². The summed E-state index contributed by atoms with van der Waals surface area (Å²) in [6.45, 7) is 5.63. The minimum Gasteiger partial charge on any atom is -0.462 e. The summed E-state index contributed by atoms with van der Waals surface area (Å²) in [6.07, 6.45) is 0. The highest BCUT2D eigenvalue weighted by Crippen LogP contribution is 2.34. The van der Waals surface area contributed by atoms with Crippen molar-refractivity contribution in [3.63, 3.8) is 0 Å². The molecule has 0 bridgehead atoms. The molecule has 0 aliphatic heterocycles. The Balaban J connectivity index is 2.61. The van der Waals surface area contributed by atoms with Crippen LogP contribution in [0.15, 0.2) is 22.7 Å². The highest BCUT2D eigenvalue weighted by molar-refractivity contribution is 6.33. The van der Waals surface area contributed by atoms with Crippen molar-refractivity contribution in [1.82, 2.24) is 5.16 Å². The molecule has 1 heterocycles. The largest absolute Gasteiger partial charge is 0.462 e. The zero-order valence-corrected chi connectivity index (χ0v) is 11.7. The average molecular weight is 280 g/mol. The number of ether oxygens (including phenoxy) is 1. The quantitative estimate of drug-likeness (QED) is 0.802. The van der Waals surface area contributed by atoms with E-state index in [1.807, 2.05) is 19.1 Å². The maximum Gasteiger partial charge on any atom is 0.344 e. The first-order valence-corrected chi connectivity index (χ1v) is 6.33. The Morgan fingerprint density at radius 1 is 1.42 bits per heavy atom. The summed E-state index contributed by atoms with van der Waals surface area (Å²) in [5.41, 5.74) is 2.38. The van der Waals surface area contributed by atoms with E-state index < -0.39 is 5.97 Å². The van der Waals surface area contributed by atoms with Gasteiger partial charge in [0.1, 0.15) is 17.0 Å². The van der Waals surface area contributed by atoms with Gasteiger partial charge in [0.15, 0.2) is 0 Å². The van der Waals surface area contributed by atoms with E-state index in [4.69, 9.17) is 20.9 Å². The van der Waals surface area contributed by atoms with Gasteiger partial charge in [-0.2, -0.15) is 0 Å². The second kappa shape index (κ2) is 5.45. The number of aromatic nitrogens is 1. The van der Waals surface area contributed by atoms with E-state index in [2.05, 4.69) is 5.16 Å². The van der Waals surface area contributed by atoms with Gasteiger partial charge in [0, 0.05) is 5.56 Å². The molecule has 0 saturated heterocycles. The molecule has 0 radical (unpaired) electrons. The Morgan fingerprint density at radius 3 is 2.79 bits per heavy atom. The summed E-state index contributed by atoms with van der Waals surface area (Å²) in [5, 5.41) is 4.48. The van der Waals surface area contributed by atoms with Crippen LogP contribution in [0, 0.1) is 13.8 Å². The number of rotatable bonds is 3. The number of hydrogen-bond acceptors (Lipinski definition) is 4. The predicted molar refractivity (Wildman–Crippen MR) is 72.4 cm³/mol. The van der Waals surface area contributed by atoms with Crippen LogP contribution in [0.1, 0.15) is 28.6 Å². The van der Waals surface area contributed by atoms with Crippen molar-refractivity contribution < 1.29 is 14.1 Å². The smallest absolute Gasteiger partial charge is 0.344 e. The molecule has 19 heavy (non-hydrogen) atoms. The van der Waals surface area contributed by atoms with Gasteiger partial charge in [-0.3, -0.25) is 0 Å². The van der Waals surface area contributed by atoms with Crippen molar-refractivity contribution in [3.05, 3.63) is 40.1 Å². The van der Waals surface area contributed by atoms with E-state index in [0.29, 0.717) is 34.2 Å². The van der Waals surface area contributed by atoms with E-state index in [9.17, 15) is 4.79 Å². The predicted octanol–water partition coefficient (Wildman–Crippen LogP) is 3.79. The molecule has 0 fully saturated rings. The summed E-state index contributed by atoms with van der Waals surface area (Å²) in [7, 11) is 0. The minimum absolute atomic E-state index is 0.296. The number of carbonyl (C=O) groups is 1. The molecule has 0 unspecified atom stereocenters. The number of halogens is 1. The molecule has 0 amide bonds. The molecular formula is C14H14ClNO3. The molecular weight excluding hydrogens is 266 g/mol. The molecule has 0 aliphatic carbocycles. The monoisotopic (exact) mass is 279 g/mol. The SMILES string of the molecule is CCOC(=O)c1c(-c2c(C)cccc2Cl)noc1C. The lowest BCUT2D eigenvalue weighted by Gasteiger charge is -2.07. The number of carbonyl (C=O) groups excluding carboxylic acids is 1. The van der Waals surface area contributed by atoms with E-state index in [1.165, 1.54) is 0 Å². The molecule has 1 aromatic heterocycles. The fraction of sp³-hybridized carbons (Fsp3) is 0.286. The van der Waals surface area contributed by atoms with Crippen LogP contribution >= 0.6 is 11.6 Å². The first-order chi connectivity index (χ1) is 9.06. The second-order valence-corrected chi connectivity index (χ2v) is 4.52. The standard InChI is InChI=1S/C14H14ClNO3/c1-4-18-14(17)12-9(3)19-16-13(12)11-8(2)6-5-7-10(11)15/h5-7H,4H2,1-3H3. The lowest BCUT2D eigenvalue weighted by Crippen LogP contribution is -2.07. The zero-order valence-electron chi connectivity index (χ0n) is 11.0. The molecule has 0 spiro atoms. The molecule has 0 saturated carbocycles. The van der Waals surface area contributed by atoms with Crippen LogP contribution in [0.2, 0.25) is 5.02 Å². The van der Waals surface area contributed by atoms with Crippen LogP contribution < -0.4 is 0 Å². The molecule has 4 nitrogen and oxygen atoms in total. The van der Waals surface area contributed by atoms with Crippen molar-refractivity contribution in [2.24, 2.45) is 0 Å². The number of hydrogen-bond donors (Lipinski definition) is 0. The number of nitrogens with zero attached hydrogens (tertiary/aromatic N) is 1. The topological polar surface area (TPSA) is 52.3 Å². The van der Waals surface area contributed by atoms with Gasteiger partial charge in [0.05, 0.1) is 11.6 Å². The molecule has 2 aromatic rings. The fourth-order valence-corrected chi connectivity index (χ4v) is 2.23. The van der Waals surface area contributed by atoms with Crippen LogP contribution in [0.25, 0.3) is 11.3 Å². The maximum atomic E-state index is 12.0. The number of benzene rings is 1. The summed E-state index contributed by atoms with van der Waals surface area (Å²) in [5.74, 6) is -0.0247. The first-order valence-electron chi connectivity index (χ1n) is 5.95. The maximum absolute atomic E-state index is 12.0. The van der Waals surface area contributed by atoms with Crippen LogP contribution in [0.4, 0.5) is 0 Å². The van der Waals surface area contributed by atoms with Crippen molar-refractivity contribution in [3.8, 4) is 11.3 Å². The minimum atomic E-state index is -0.449. The van der Waals surface area contributed by atoms with Crippen molar-refractivity contribution in [2.75, 3.05) is 6.61 Å². The van der Waals surface area contributed by atoms with Crippen LogP contribution in [0.5, 0.6) is 0 Å².